The van der Waals surface area contributed by atoms with Crippen LogP contribution in [0, 0.1) is 0 Å². The summed E-state index contributed by atoms with van der Waals surface area (Å²) in [5.74, 6) is 0.529. The van der Waals surface area contributed by atoms with Crippen LogP contribution in [0.15, 0.2) is 54.6 Å². The van der Waals surface area contributed by atoms with Gasteiger partial charge in [0.1, 0.15) is 12.4 Å². The number of carbonyl (C=O) groups excluding carboxylic acids is 1. The van der Waals surface area contributed by atoms with Crippen LogP contribution in [0.25, 0.3) is 5.57 Å². The Bertz CT molecular complexity index is 889. The second-order valence-corrected chi connectivity index (χ2v) is 8.24. The van der Waals surface area contributed by atoms with Gasteiger partial charge in [-0.1, -0.05) is 49.4 Å². The first-order valence-corrected chi connectivity index (χ1v) is 12.1. The molecule has 0 saturated carbocycles. The molecular weight excluding hydrogens is 414 g/mol. The normalized spacial score (nSPS) is 15.1. The smallest absolute Gasteiger partial charge is 0.335 e. The standard InChI is InChI=1S/C28H37NO4/c1-4-22-9-13-24(14-10-22)25-8-7-17-29(21-25)18-19-33-26-15-11-23(12-16-26)20-27(31-5-2)28(30)32-6-3/h8-16,27H,4-7,17-21H2,1-3H3. The van der Waals surface area contributed by atoms with Crippen molar-refractivity contribution in [1.29, 1.82) is 0 Å². The SMILES string of the molecule is CCOC(=O)C(Cc1ccc(OCCN2CCC=C(c3ccc(CC)cc3)C2)cc1)OCC. The molecule has 0 N–H and O–H groups in total. The van der Waals surface area contributed by atoms with Crippen LogP contribution in [0.2, 0.25) is 0 Å². The van der Waals surface area contributed by atoms with Crippen molar-refractivity contribution < 1.29 is 19.0 Å². The lowest BCUT2D eigenvalue weighted by atomic mass is 9.99. The molecule has 0 saturated heterocycles. The van der Waals surface area contributed by atoms with Crippen LogP contribution in [-0.2, 0) is 27.1 Å². The van der Waals surface area contributed by atoms with Gasteiger partial charge in [0, 0.05) is 32.7 Å². The van der Waals surface area contributed by atoms with Crippen molar-refractivity contribution in [2.45, 2.75) is 46.1 Å². The Morgan fingerprint density at radius 1 is 0.970 bits per heavy atom. The van der Waals surface area contributed by atoms with Crippen molar-refractivity contribution in [2.24, 2.45) is 0 Å². The van der Waals surface area contributed by atoms with Gasteiger partial charge in [-0.3, -0.25) is 4.90 Å². The molecule has 1 aliphatic rings. The molecular formula is C28H37NO4. The van der Waals surface area contributed by atoms with E-state index in [2.05, 4.69) is 42.2 Å². The van der Waals surface area contributed by atoms with Gasteiger partial charge in [0.25, 0.3) is 0 Å². The maximum absolute atomic E-state index is 12.1. The summed E-state index contributed by atoms with van der Waals surface area (Å²) < 4.78 is 16.7. The molecule has 5 heteroatoms. The van der Waals surface area contributed by atoms with Gasteiger partial charge in [-0.15, -0.1) is 0 Å². The van der Waals surface area contributed by atoms with E-state index in [4.69, 9.17) is 14.2 Å². The van der Waals surface area contributed by atoms with Gasteiger partial charge in [0.2, 0.25) is 0 Å². The topological polar surface area (TPSA) is 48.0 Å². The highest BCUT2D eigenvalue weighted by atomic mass is 16.6. The Hall–Kier alpha value is -2.63. The molecule has 5 nitrogen and oxygen atoms in total. The van der Waals surface area contributed by atoms with Gasteiger partial charge in [-0.05, 0) is 61.1 Å². The number of ether oxygens (including phenoxy) is 3. The van der Waals surface area contributed by atoms with E-state index in [1.165, 1.54) is 16.7 Å². The van der Waals surface area contributed by atoms with Crippen LogP contribution in [-0.4, -0.2) is 56.4 Å². The summed E-state index contributed by atoms with van der Waals surface area (Å²) in [6.45, 7) is 10.3. The van der Waals surface area contributed by atoms with Crippen molar-refractivity contribution >= 4 is 11.5 Å². The fourth-order valence-electron chi connectivity index (χ4n) is 4.04. The van der Waals surface area contributed by atoms with E-state index in [0.29, 0.717) is 26.2 Å². The molecule has 0 aromatic heterocycles. The van der Waals surface area contributed by atoms with E-state index < -0.39 is 6.10 Å². The number of aryl methyl sites for hydroxylation is 1. The first-order chi connectivity index (χ1) is 16.1. The highest BCUT2D eigenvalue weighted by molar-refractivity contribution is 5.75. The predicted molar refractivity (Wildman–Crippen MR) is 133 cm³/mol. The number of hydrogen-bond donors (Lipinski definition) is 0. The summed E-state index contributed by atoms with van der Waals surface area (Å²) in [5.41, 5.74) is 5.12. The van der Waals surface area contributed by atoms with Crippen LogP contribution in [0.1, 0.15) is 43.9 Å². The molecule has 0 bridgehead atoms. The van der Waals surface area contributed by atoms with Gasteiger partial charge >= 0.3 is 5.97 Å². The number of benzene rings is 2. The van der Waals surface area contributed by atoms with Crippen LogP contribution in [0.3, 0.4) is 0 Å². The van der Waals surface area contributed by atoms with Gasteiger partial charge in [-0.2, -0.15) is 0 Å². The van der Waals surface area contributed by atoms with Gasteiger partial charge in [-0.25, -0.2) is 4.79 Å². The van der Waals surface area contributed by atoms with E-state index in [0.717, 1.165) is 43.8 Å². The summed E-state index contributed by atoms with van der Waals surface area (Å²) in [7, 11) is 0. The molecule has 0 amide bonds. The summed E-state index contributed by atoms with van der Waals surface area (Å²) >= 11 is 0. The van der Waals surface area contributed by atoms with Gasteiger partial charge in [0.15, 0.2) is 6.10 Å². The first-order valence-electron chi connectivity index (χ1n) is 12.1. The maximum Gasteiger partial charge on any atom is 0.335 e. The third-order valence-electron chi connectivity index (χ3n) is 5.90. The summed E-state index contributed by atoms with van der Waals surface area (Å²) in [6.07, 6.45) is 4.43. The maximum atomic E-state index is 12.1. The molecule has 2 aromatic carbocycles. The van der Waals surface area contributed by atoms with E-state index in [9.17, 15) is 4.79 Å². The van der Waals surface area contributed by atoms with E-state index in [-0.39, 0.29) is 5.97 Å². The predicted octanol–water partition coefficient (Wildman–Crippen LogP) is 4.93. The lowest BCUT2D eigenvalue weighted by molar-refractivity contribution is -0.156. The van der Waals surface area contributed by atoms with Gasteiger partial charge < -0.3 is 14.2 Å². The quantitative estimate of drug-likeness (QED) is 0.428. The molecule has 0 fully saturated rings. The number of nitrogens with zero attached hydrogens (tertiary/aromatic N) is 1. The zero-order chi connectivity index (χ0) is 23.5. The molecule has 2 aromatic rings. The Morgan fingerprint density at radius 2 is 1.70 bits per heavy atom. The Morgan fingerprint density at radius 3 is 2.36 bits per heavy atom. The number of carbonyl (C=O) groups is 1. The van der Waals surface area contributed by atoms with Crippen molar-refractivity contribution in [2.75, 3.05) is 39.5 Å². The van der Waals surface area contributed by atoms with Crippen molar-refractivity contribution in [3.05, 3.63) is 71.3 Å². The molecule has 1 heterocycles. The van der Waals surface area contributed by atoms with Crippen LogP contribution in [0.4, 0.5) is 0 Å². The molecule has 1 unspecified atom stereocenters. The molecule has 0 aliphatic carbocycles. The molecule has 3 rings (SSSR count). The second-order valence-electron chi connectivity index (χ2n) is 8.24. The minimum atomic E-state index is -0.568. The van der Waals surface area contributed by atoms with E-state index in [1.54, 1.807) is 6.92 Å². The third-order valence-corrected chi connectivity index (χ3v) is 5.90. The van der Waals surface area contributed by atoms with Crippen LogP contribution in [0.5, 0.6) is 5.75 Å². The Balaban J connectivity index is 1.45. The van der Waals surface area contributed by atoms with E-state index in [1.807, 2.05) is 31.2 Å². The van der Waals surface area contributed by atoms with Crippen molar-refractivity contribution in [3.8, 4) is 5.75 Å². The van der Waals surface area contributed by atoms with Crippen molar-refractivity contribution in [1.82, 2.24) is 4.90 Å². The number of hydrogen-bond acceptors (Lipinski definition) is 5. The Labute approximate surface area is 198 Å². The molecule has 1 aliphatic heterocycles. The lowest BCUT2D eigenvalue weighted by Crippen LogP contribution is -2.33. The van der Waals surface area contributed by atoms with Crippen molar-refractivity contribution in [3.63, 3.8) is 0 Å². The minimum absolute atomic E-state index is 0.309. The molecule has 178 valence electrons. The number of esters is 1. The summed E-state index contributed by atoms with van der Waals surface area (Å²) in [4.78, 5) is 14.5. The lowest BCUT2D eigenvalue weighted by Gasteiger charge is -2.27. The third kappa shape index (κ3) is 7.72. The monoisotopic (exact) mass is 451 g/mol. The highest BCUT2D eigenvalue weighted by Gasteiger charge is 2.20. The fourth-order valence-corrected chi connectivity index (χ4v) is 4.04. The van der Waals surface area contributed by atoms with E-state index >= 15 is 0 Å². The summed E-state index contributed by atoms with van der Waals surface area (Å²) in [6, 6.07) is 16.8. The van der Waals surface area contributed by atoms with Gasteiger partial charge in [0.05, 0.1) is 6.61 Å². The highest BCUT2D eigenvalue weighted by Crippen LogP contribution is 2.22. The average molecular weight is 452 g/mol. The fraction of sp³-hybridized carbons (Fsp3) is 0.464. The van der Waals surface area contributed by atoms with Crippen LogP contribution >= 0.6 is 0 Å². The molecule has 1 atom stereocenters. The zero-order valence-electron chi connectivity index (χ0n) is 20.2. The first kappa shape index (κ1) is 25.0. The number of rotatable bonds is 12. The zero-order valence-corrected chi connectivity index (χ0v) is 20.2. The second kappa shape index (κ2) is 13.2. The molecule has 0 radical (unpaired) electrons. The molecule has 33 heavy (non-hydrogen) atoms. The molecule has 0 spiro atoms. The largest absolute Gasteiger partial charge is 0.492 e. The summed E-state index contributed by atoms with van der Waals surface area (Å²) in [5, 5.41) is 0. The average Bonchev–Trinajstić information content (AvgIpc) is 2.85. The van der Waals surface area contributed by atoms with Crippen LogP contribution < -0.4 is 4.74 Å². The minimum Gasteiger partial charge on any atom is -0.492 e. The Kier molecular flexibility index (Phi) is 9.98.